The Morgan fingerprint density at radius 2 is 0.632 bits per heavy atom. The topological polar surface area (TPSA) is 536 Å². The molecule has 0 spiro atoms. The van der Waals surface area contributed by atoms with Crippen molar-refractivity contribution in [3.63, 3.8) is 0 Å². The SMILES string of the molecule is C#CC#CC#CC#CC#CC#CC.C#CC#CC#CC#CC#CC#CC#C.CC(C)OC(=O)[C@H](C)CP(=O)(OC[C@@H]1[C@@H](O)[C@H](F)[C@H](n2ccc(N)nc2=O)S1=O)Oc1ccc2c(c1)OCO2.CC(C)OC(=O)[C@H](C)C[P@@](=O)(OC[C@@H]1[C@@H](O)[C@H](F)[C@H](n2ccc(N)nc2=O)S1=O)Oc1ccc2c(c1)OCO2.CC(C)OC(=O)[C@H](C)C[P@](=O)(OC[C@@H]1[C@@H](O)[C@H](F)[C@H](n2ccc(N)nc2=O)S1=O)Oc1ccc2c(c1)OCO2. The molecule has 6 aliphatic rings. The number of anilines is 3. The molecule has 0 bridgehead atoms. The van der Waals surface area contributed by atoms with Gasteiger partial charge in [-0.15, -0.1) is 19.3 Å². The first kappa shape index (κ1) is 115. The number of hydrogen-bond donors (Lipinski definition) is 6. The fourth-order valence-electron chi connectivity index (χ4n) is 12.7. The van der Waals surface area contributed by atoms with Gasteiger partial charge in [0.05, 0.1) is 123 Å². The monoisotopic (exact) mass is 2100 g/mol. The number of nitrogens with zero attached hydrogens (tertiary/aromatic N) is 6. The summed E-state index contributed by atoms with van der Waals surface area (Å²) in [6.45, 7) is 14.0. The van der Waals surface area contributed by atoms with Gasteiger partial charge in [-0.2, -0.15) is 15.0 Å². The number of aliphatic hydroxyl groups excluding tert-OH is 3. The van der Waals surface area contributed by atoms with Crippen molar-refractivity contribution in [2.45, 2.75) is 156 Å². The molecule has 6 aromatic rings. The Bertz CT molecular complexity index is 6490. The maximum atomic E-state index is 15.1. The molecule has 9 N–H and O–H groups in total. The zero-order valence-corrected chi connectivity index (χ0v) is 83.3. The molecule has 0 saturated carbocycles. The van der Waals surface area contributed by atoms with Crippen LogP contribution in [-0.4, -0.2) is 204 Å². The third-order valence-corrected chi connectivity index (χ3v) is 31.2. The molecule has 144 heavy (non-hydrogen) atoms. The molecule has 12 rings (SSSR count). The van der Waals surface area contributed by atoms with Gasteiger partial charge >= 0.3 is 57.8 Å². The van der Waals surface area contributed by atoms with Gasteiger partial charge in [-0.1, -0.05) is 26.7 Å². The zero-order chi connectivity index (χ0) is 106. The molecule has 6 aliphatic heterocycles. The summed E-state index contributed by atoms with van der Waals surface area (Å²) >= 11 is 0. The number of hydrogen-bond acceptors (Lipinski definition) is 36. The van der Waals surface area contributed by atoms with Gasteiger partial charge in [0, 0.05) is 36.8 Å². The Hall–Kier alpha value is -14.7. The van der Waals surface area contributed by atoms with E-state index < -0.39 is 233 Å². The first-order valence-corrected chi connectivity index (χ1v) is 51.6. The lowest BCUT2D eigenvalue weighted by Crippen LogP contribution is -2.33. The number of benzene rings is 3. The fourth-order valence-corrected chi connectivity index (χ4v) is 24.0. The number of halogens is 3. The van der Waals surface area contributed by atoms with E-state index in [0.29, 0.717) is 34.5 Å². The van der Waals surface area contributed by atoms with E-state index in [9.17, 15) is 70.4 Å². The molecule has 39 nitrogen and oxygen atoms in total. The number of rotatable bonds is 30. The molecular weight excluding hydrogens is 2010 g/mol. The number of alkyl halides is 3. The predicted molar refractivity (Wildman–Crippen MR) is 520 cm³/mol. The second-order valence-corrected chi connectivity index (χ2v) is 42.3. The van der Waals surface area contributed by atoms with Crippen LogP contribution in [0, 0.1) is 173 Å². The number of aromatic nitrogens is 6. The van der Waals surface area contributed by atoms with Gasteiger partial charge in [0.1, 0.15) is 69.1 Å². The number of nitrogen functional groups attached to an aromatic ring is 3. The summed E-state index contributed by atoms with van der Waals surface area (Å²) in [7, 11) is -19.3. The van der Waals surface area contributed by atoms with Crippen LogP contribution in [-0.2, 0) is 88.3 Å². The molecular formula is C96H93F3N9O30P3S3. The number of aliphatic hydroxyl groups is 3. The number of carbonyl (C=O) groups excluding carboxylic acids is 3. The van der Waals surface area contributed by atoms with Gasteiger partial charge in [0.15, 0.2) is 53.0 Å². The summed E-state index contributed by atoms with van der Waals surface area (Å²) < 4.78 is 210. The van der Waals surface area contributed by atoms with Gasteiger partial charge < -0.3 is 88.7 Å². The van der Waals surface area contributed by atoms with Gasteiger partial charge in [-0.3, -0.25) is 54.3 Å². The summed E-state index contributed by atoms with van der Waals surface area (Å²) in [5, 5.41) is 22.7. The maximum Gasteiger partial charge on any atom is 0.380 e. The second-order valence-electron chi connectivity index (χ2n) is 31.0. The molecule has 756 valence electrons. The van der Waals surface area contributed by atoms with E-state index in [-0.39, 0.29) is 55.1 Å². The van der Waals surface area contributed by atoms with E-state index in [1.54, 1.807) is 48.5 Å². The minimum atomic E-state index is -4.22. The molecule has 4 unspecified atom stereocenters. The van der Waals surface area contributed by atoms with Crippen LogP contribution in [0.3, 0.4) is 0 Å². The van der Waals surface area contributed by atoms with Crippen molar-refractivity contribution in [2.24, 2.45) is 17.8 Å². The van der Waals surface area contributed by atoms with Gasteiger partial charge in [-0.25, -0.2) is 41.3 Å². The Morgan fingerprint density at radius 3 is 0.854 bits per heavy atom. The van der Waals surface area contributed by atoms with Crippen molar-refractivity contribution in [1.29, 1.82) is 0 Å². The molecule has 48 heteroatoms. The highest BCUT2D eigenvalue weighted by Crippen LogP contribution is 2.56. The highest BCUT2D eigenvalue weighted by Gasteiger charge is 2.55. The molecule has 3 aromatic carbocycles. The van der Waals surface area contributed by atoms with Crippen molar-refractivity contribution in [1.82, 2.24) is 28.7 Å². The summed E-state index contributed by atoms with van der Waals surface area (Å²) in [6, 6.07) is 16.9. The van der Waals surface area contributed by atoms with E-state index in [4.69, 9.17) is 106 Å². The van der Waals surface area contributed by atoms with Crippen LogP contribution in [0.5, 0.6) is 51.7 Å². The summed E-state index contributed by atoms with van der Waals surface area (Å²) in [5.74, 6) is 52.7. The van der Waals surface area contributed by atoms with Gasteiger partial charge in [0.2, 0.25) is 20.4 Å². The van der Waals surface area contributed by atoms with Crippen molar-refractivity contribution >= 4 is 90.5 Å². The average molecular weight is 2100 g/mol. The van der Waals surface area contributed by atoms with Crippen LogP contribution >= 0.6 is 22.8 Å². The molecule has 0 radical (unpaired) electrons. The smallest absolute Gasteiger partial charge is 0.380 e. The molecule has 21 atom stereocenters. The van der Waals surface area contributed by atoms with Crippen LogP contribution in [0.1, 0.15) is 85.4 Å². The number of terminal acetylenes is 3. The number of esters is 3. The lowest BCUT2D eigenvalue weighted by atomic mass is 10.1. The summed E-state index contributed by atoms with van der Waals surface area (Å²) in [6.07, 6.45) is 3.51. The number of nitrogens with two attached hydrogens (primary N) is 3. The summed E-state index contributed by atoms with van der Waals surface area (Å²) in [4.78, 5) is 84.5. The molecule has 0 amide bonds. The highest BCUT2D eigenvalue weighted by molar-refractivity contribution is 7.86. The number of fused-ring (bicyclic) bond motifs is 3. The third-order valence-electron chi connectivity index (χ3n) is 19.2. The van der Waals surface area contributed by atoms with E-state index in [0.717, 1.165) is 32.3 Å². The van der Waals surface area contributed by atoms with Gasteiger partial charge in [0.25, 0.3) is 0 Å². The Balaban J connectivity index is 0.000000233. The minimum Gasteiger partial charge on any atom is -0.463 e. The quantitative estimate of drug-likeness (QED) is 0.0126. The van der Waals surface area contributed by atoms with Gasteiger partial charge in [-0.05, 0) is 233 Å². The van der Waals surface area contributed by atoms with Crippen LogP contribution in [0.2, 0.25) is 0 Å². The Morgan fingerprint density at radius 1 is 0.403 bits per heavy atom. The van der Waals surface area contributed by atoms with E-state index >= 15 is 13.2 Å². The fraction of sp³-hybridized carbons (Fsp3) is 0.385. The second kappa shape index (κ2) is 55.1. The molecule has 0 aliphatic carbocycles. The lowest BCUT2D eigenvalue weighted by Gasteiger charge is -2.24. The van der Waals surface area contributed by atoms with E-state index in [1.165, 1.54) is 93.6 Å². The number of carbonyl (C=O) groups is 3. The lowest BCUT2D eigenvalue weighted by molar-refractivity contribution is -0.152. The van der Waals surface area contributed by atoms with E-state index in [1.807, 2.05) is 0 Å². The molecule has 3 saturated heterocycles. The predicted octanol–water partition coefficient (Wildman–Crippen LogP) is 6.20. The third kappa shape index (κ3) is 33.5. The first-order chi connectivity index (χ1) is 68.5. The van der Waals surface area contributed by atoms with Crippen molar-refractivity contribution < 1.29 is 139 Å². The van der Waals surface area contributed by atoms with Crippen LogP contribution in [0.25, 0.3) is 0 Å². The van der Waals surface area contributed by atoms with E-state index in [2.05, 4.69) is 151 Å². The standard InChI is InChI=1S/3C23H29FN3O10PS.C14H2.C13H4/c3*1-12(2)36-22(29)13(3)10-38(31,37-14-4-5-15-16(8-14)34-11-33-15)35-9-17-20(28)19(24)21(39(17)32)27-7-6-18(25)26-23(27)30;1-3-5-7-9-11-13-14-12-10-8-6-4-2;1-3-5-7-9-11-13-12-10-8-6-4-2/h3*4-8,12-13,17,19-21,28H,9-11H2,1-3H3,(H2,25,26,30);1-2H;1H,2H3/t13-,17-,19+,20-,21-,38?,39?;13-,17-,19+,20-,21-,38+,39?;13-,17-,19+,20-,21-,38-,39?;;/m111../s1. The molecule has 9 heterocycles. The van der Waals surface area contributed by atoms with Crippen LogP contribution in [0.4, 0.5) is 30.6 Å². The average Bonchev–Trinajstić information content (AvgIpc) is 1.63. The summed E-state index contributed by atoms with van der Waals surface area (Å²) in [5.41, 5.74) is 13.6. The zero-order valence-electron chi connectivity index (χ0n) is 78.1. The molecule has 3 fully saturated rings. The van der Waals surface area contributed by atoms with Crippen molar-refractivity contribution in [3.8, 4) is 207 Å². The van der Waals surface area contributed by atoms with Crippen LogP contribution in [0.15, 0.2) is 106 Å². The normalized spacial score (nSPS) is 22.0. The largest absolute Gasteiger partial charge is 0.463 e. The van der Waals surface area contributed by atoms with Crippen LogP contribution < -0.4 is 76.3 Å². The van der Waals surface area contributed by atoms with Crippen molar-refractivity contribution in [2.75, 3.05) is 75.9 Å². The highest BCUT2D eigenvalue weighted by atomic mass is 32.2. The number of ether oxygens (including phenoxy) is 9. The van der Waals surface area contributed by atoms with Crippen molar-refractivity contribution in [3.05, 3.63) is 123 Å². The Labute approximate surface area is 833 Å². The first-order valence-electron chi connectivity index (χ1n) is 42.6. The minimum absolute atomic E-state index is 0.00537. The molecule has 3 aromatic heterocycles. The maximum absolute atomic E-state index is 15.1. The Kier molecular flexibility index (Phi) is 43.8.